The van der Waals surface area contributed by atoms with E-state index < -0.39 is 29.3 Å². The normalized spacial score (nSPS) is 17.2. The lowest BCUT2D eigenvalue weighted by Crippen LogP contribution is -2.17. The van der Waals surface area contributed by atoms with E-state index in [1.54, 1.807) is 0 Å². The maximum absolute atomic E-state index is 13.6. The van der Waals surface area contributed by atoms with Gasteiger partial charge in [-0.15, -0.1) is 0 Å². The van der Waals surface area contributed by atoms with Gasteiger partial charge in [-0.2, -0.15) is 13.2 Å². The van der Waals surface area contributed by atoms with Gasteiger partial charge in [0.2, 0.25) is 11.7 Å². The summed E-state index contributed by atoms with van der Waals surface area (Å²) >= 11 is 11.9. The van der Waals surface area contributed by atoms with Crippen LogP contribution in [0.2, 0.25) is 10.0 Å². The fourth-order valence-corrected chi connectivity index (χ4v) is 5.78. The summed E-state index contributed by atoms with van der Waals surface area (Å²) < 4.78 is 50.5. The topological polar surface area (TPSA) is 86.5 Å². The number of halogens is 5. The number of carbonyl (C=O) groups excluding carboxylic acids is 3. The zero-order chi connectivity index (χ0) is 30.4. The van der Waals surface area contributed by atoms with Crippen molar-refractivity contribution in [1.82, 2.24) is 4.98 Å². The summed E-state index contributed by atoms with van der Waals surface area (Å²) in [7, 11) is 1.40. The SMILES string of the molecule is COC(=O)CC1CCC(c2ccc(CC(=O)CCCC(=O)c3nc(-c4ccc(Cl)cc4Cl)oc3C(F)(F)F)cc2)CC1. The number of alkyl halides is 3. The fourth-order valence-electron chi connectivity index (χ4n) is 5.29. The van der Waals surface area contributed by atoms with E-state index in [1.807, 2.05) is 24.3 Å². The summed E-state index contributed by atoms with van der Waals surface area (Å²) in [5.41, 5.74) is 1.25. The smallest absolute Gasteiger partial charge is 0.452 e. The molecule has 0 radical (unpaired) electrons. The van der Waals surface area contributed by atoms with Gasteiger partial charge < -0.3 is 9.15 Å². The number of benzene rings is 2. The van der Waals surface area contributed by atoms with Crippen LogP contribution >= 0.6 is 23.2 Å². The largest absolute Gasteiger partial charge is 0.469 e. The maximum atomic E-state index is 13.6. The molecule has 2 aromatic carbocycles. The van der Waals surface area contributed by atoms with E-state index in [4.69, 9.17) is 32.4 Å². The number of Topliss-reactive ketones (excluding diaryl/α,β-unsaturated/α-hetero) is 2. The Morgan fingerprint density at radius 3 is 2.31 bits per heavy atom. The number of oxazole rings is 1. The average Bonchev–Trinajstić information content (AvgIpc) is 3.40. The quantitative estimate of drug-likeness (QED) is 0.157. The van der Waals surface area contributed by atoms with Crippen LogP contribution in [0.15, 0.2) is 46.9 Å². The lowest BCUT2D eigenvalue weighted by molar-refractivity contribution is -0.153. The van der Waals surface area contributed by atoms with Crippen molar-refractivity contribution in [2.24, 2.45) is 5.92 Å². The number of esters is 1. The van der Waals surface area contributed by atoms with Crippen LogP contribution < -0.4 is 0 Å². The molecule has 1 heterocycles. The molecule has 4 rings (SSSR count). The van der Waals surface area contributed by atoms with Gasteiger partial charge in [0.1, 0.15) is 5.78 Å². The Labute approximate surface area is 251 Å². The molecule has 1 aliphatic carbocycles. The molecule has 0 unspecified atom stereocenters. The molecular weight excluding hydrogens is 594 g/mol. The Balaban J connectivity index is 1.29. The summed E-state index contributed by atoms with van der Waals surface area (Å²) in [6.07, 6.45) is -0.603. The molecule has 224 valence electrons. The van der Waals surface area contributed by atoms with Crippen molar-refractivity contribution in [3.8, 4) is 11.5 Å². The molecular formula is C31H30Cl2F3NO5. The first-order chi connectivity index (χ1) is 19.9. The van der Waals surface area contributed by atoms with Crippen molar-refractivity contribution >= 4 is 40.7 Å². The van der Waals surface area contributed by atoms with Crippen LogP contribution in [0.4, 0.5) is 13.2 Å². The van der Waals surface area contributed by atoms with Gasteiger partial charge >= 0.3 is 12.1 Å². The maximum Gasteiger partial charge on any atom is 0.452 e. The number of hydrogen-bond acceptors (Lipinski definition) is 6. The lowest BCUT2D eigenvalue weighted by Gasteiger charge is -2.28. The number of hydrogen-bond donors (Lipinski definition) is 0. The molecule has 0 N–H and O–H groups in total. The molecule has 0 bridgehead atoms. The van der Waals surface area contributed by atoms with E-state index in [0.29, 0.717) is 18.3 Å². The number of ether oxygens (including phenoxy) is 1. The highest BCUT2D eigenvalue weighted by atomic mass is 35.5. The standard InChI is InChI=1S/C31H30Cl2F3NO5/c1-41-27(40)16-19-7-11-21(12-8-19)20-9-5-18(6-10-20)15-23(38)3-2-4-26(39)28-29(31(34,35)36)42-30(37-28)24-14-13-22(32)17-25(24)33/h5-6,9-10,13-14,17,19,21H,2-4,7-8,11-12,15-16H2,1H3. The molecule has 0 atom stereocenters. The first kappa shape index (κ1) is 31.8. The van der Waals surface area contributed by atoms with E-state index >= 15 is 0 Å². The summed E-state index contributed by atoms with van der Waals surface area (Å²) in [4.78, 5) is 40.6. The van der Waals surface area contributed by atoms with Gasteiger partial charge in [0.05, 0.1) is 17.7 Å². The van der Waals surface area contributed by atoms with Crippen LogP contribution in [0.25, 0.3) is 11.5 Å². The van der Waals surface area contributed by atoms with Gasteiger partial charge in [0, 0.05) is 30.7 Å². The van der Waals surface area contributed by atoms with Crippen LogP contribution in [0.5, 0.6) is 0 Å². The number of carbonyl (C=O) groups is 3. The molecule has 0 spiro atoms. The summed E-state index contributed by atoms with van der Waals surface area (Å²) in [5.74, 6) is -2.35. The third kappa shape index (κ3) is 8.22. The van der Waals surface area contributed by atoms with Crippen molar-refractivity contribution < 1.29 is 36.7 Å². The number of aromatic nitrogens is 1. The van der Waals surface area contributed by atoms with Crippen molar-refractivity contribution in [2.45, 2.75) is 69.9 Å². The lowest BCUT2D eigenvalue weighted by atomic mass is 9.77. The molecule has 6 nitrogen and oxygen atoms in total. The first-order valence-corrected chi connectivity index (χ1v) is 14.4. The molecule has 1 aromatic heterocycles. The highest BCUT2D eigenvalue weighted by molar-refractivity contribution is 6.36. The molecule has 0 amide bonds. The molecule has 3 aromatic rings. The molecule has 1 fully saturated rings. The Bertz CT molecular complexity index is 1430. The van der Waals surface area contributed by atoms with Gasteiger partial charge in [0.25, 0.3) is 0 Å². The molecule has 0 aliphatic heterocycles. The zero-order valence-corrected chi connectivity index (χ0v) is 24.5. The fraction of sp³-hybridized carbons (Fsp3) is 0.419. The Morgan fingerprint density at radius 1 is 1.00 bits per heavy atom. The van der Waals surface area contributed by atoms with Crippen LogP contribution in [0.1, 0.15) is 84.7 Å². The minimum Gasteiger partial charge on any atom is -0.469 e. The number of nitrogens with zero attached hydrogens (tertiary/aromatic N) is 1. The highest BCUT2D eigenvalue weighted by Gasteiger charge is 2.41. The highest BCUT2D eigenvalue weighted by Crippen LogP contribution is 2.39. The van der Waals surface area contributed by atoms with Crippen LogP contribution in [0.3, 0.4) is 0 Å². The molecule has 11 heteroatoms. The minimum absolute atomic E-state index is 0.0260. The monoisotopic (exact) mass is 623 g/mol. The predicted molar refractivity (Wildman–Crippen MR) is 152 cm³/mol. The van der Waals surface area contributed by atoms with E-state index in [-0.39, 0.29) is 53.0 Å². The predicted octanol–water partition coefficient (Wildman–Crippen LogP) is 8.67. The van der Waals surface area contributed by atoms with Gasteiger partial charge in [-0.25, -0.2) is 4.98 Å². The Kier molecular flexibility index (Phi) is 10.5. The summed E-state index contributed by atoms with van der Waals surface area (Å²) in [6, 6.07) is 12.0. The number of ketones is 2. The molecule has 1 saturated carbocycles. The Hall–Kier alpha value is -3.17. The van der Waals surface area contributed by atoms with Crippen LogP contribution in [-0.4, -0.2) is 29.6 Å². The second-order valence-corrected chi connectivity index (χ2v) is 11.4. The molecule has 42 heavy (non-hydrogen) atoms. The number of methoxy groups -OCH3 is 1. The minimum atomic E-state index is -4.94. The van der Waals surface area contributed by atoms with Crippen LogP contribution in [0, 0.1) is 5.92 Å². The van der Waals surface area contributed by atoms with Gasteiger partial charge in [-0.3, -0.25) is 14.4 Å². The second-order valence-electron chi connectivity index (χ2n) is 10.6. The van der Waals surface area contributed by atoms with Crippen molar-refractivity contribution in [3.63, 3.8) is 0 Å². The number of rotatable bonds is 11. The summed E-state index contributed by atoms with van der Waals surface area (Å²) in [6.45, 7) is 0. The molecule has 1 aliphatic rings. The van der Waals surface area contributed by atoms with Crippen molar-refractivity contribution in [3.05, 3.63) is 75.1 Å². The third-order valence-corrected chi connectivity index (χ3v) is 8.10. The van der Waals surface area contributed by atoms with E-state index in [9.17, 15) is 27.6 Å². The van der Waals surface area contributed by atoms with E-state index in [0.717, 1.165) is 31.2 Å². The zero-order valence-electron chi connectivity index (χ0n) is 22.9. The Morgan fingerprint density at radius 2 is 1.69 bits per heavy atom. The van der Waals surface area contributed by atoms with Gasteiger partial charge in [-0.05, 0) is 73.3 Å². The first-order valence-electron chi connectivity index (χ1n) is 13.7. The van der Waals surface area contributed by atoms with Gasteiger partial charge in [0.15, 0.2) is 11.5 Å². The summed E-state index contributed by atoms with van der Waals surface area (Å²) in [5, 5.41) is 0.303. The van der Waals surface area contributed by atoms with Crippen LogP contribution in [-0.2, 0) is 26.9 Å². The van der Waals surface area contributed by atoms with E-state index in [1.165, 1.54) is 30.9 Å². The molecule has 0 saturated heterocycles. The second kappa shape index (κ2) is 13.9. The van der Waals surface area contributed by atoms with Gasteiger partial charge in [-0.1, -0.05) is 47.5 Å². The van der Waals surface area contributed by atoms with E-state index in [2.05, 4.69) is 4.98 Å². The third-order valence-electron chi connectivity index (χ3n) is 7.55. The average molecular weight is 624 g/mol. The van der Waals surface area contributed by atoms with Crippen molar-refractivity contribution in [1.29, 1.82) is 0 Å². The van der Waals surface area contributed by atoms with Crippen molar-refractivity contribution in [2.75, 3.05) is 7.11 Å².